The van der Waals surface area contributed by atoms with E-state index in [9.17, 15) is 8.42 Å². The maximum atomic E-state index is 12.6. The third-order valence-electron chi connectivity index (χ3n) is 3.11. The average Bonchev–Trinajstić information content (AvgIpc) is 2.95. The normalized spacial score (nSPS) is 14.7. The molecule has 1 aliphatic heterocycles. The van der Waals surface area contributed by atoms with Crippen molar-refractivity contribution in [3.8, 4) is 0 Å². The topological polar surface area (TPSA) is 76.3 Å². The van der Waals surface area contributed by atoms with E-state index < -0.39 is 10.0 Å². The van der Waals surface area contributed by atoms with Crippen LogP contribution in [0.1, 0.15) is 10.6 Å². The Kier molecular flexibility index (Phi) is 2.75. The Morgan fingerprint density at radius 2 is 2.21 bits per heavy atom. The van der Waals surface area contributed by atoms with Crippen LogP contribution >= 0.6 is 11.3 Å². The molecule has 0 unspecified atom stereocenters. The largest absolute Gasteiger partial charge is 0.399 e. The number of aromatic nitrogens is 1. The Labute approximate surface area is 115 Å². The first-order valence-electron chi connectivity index (χ1n) is 5.82. The first kappa shape index (κ1) is 12.4. The van der Waals surface area contributed by atoms with Crippen molar-refractivity contribution in [2.75, 3.05) is 16.6 Å². The smallest absolute Gasteiger partial charge is 0.275 e. The Morgan fingerprint density at radius 1 is 1.42 bits per heavy atom. The molecule has 2 heterocycles. The SMILES string of the molecule is Cc1ncc(S(=O)(=O)N2CCc3ccc(N)cc32)s1. The van der Waals surface area contributed by atoms with Crippen molar-refractivity contribution in [3.63, 3.8) is 0 Å². The number of fused-ring (bicyclic) bond motifs is 1. The summed E-state index contributed by atoms with van der Waals surface area (Å²) in [5, 5.41) is 0.741. The minimum atomic E-state index is -3.51. The van der Waals surface area contributed by atoms with Gasteiger partial charge in [0.1, 0.15) is 0 Å². The molecule has 100 valence electrons. The lowest BCUT2D eigenvalue weighted by Crippen LogP contribution is -2.28. The quantitative estimate of drug-likeness (QED) is 0.857. The Hall–Kier alpha value is -1.60. The standard InChI is InChI=1S/C12H13N3O2S2/c1-8-14-7-12(18-8)19(16,17)15-5-4-9-2-3-10(13)6-11(9)15/h2-3,6-7H,4-5,13H2,1H3. The number of hydrogen-bond acceptors (Lipinski definition) is 5. The van der Waals surface area contributed by atoms with Crippen molar-refractivity contribution >= 4 is 32.7 Å². The van der Waals surface area contributed by atoms with E-state index in [4.69, 9.17) is 5.73 Å². The highest BCUT2D eigenvalue weighted by Crippen LogP contribution is 2.35. The molecule has 0 radical (unpaired) electrons. The molecule has 2 N–H and O–H groups in total. The molecule has 7 heteroatoms. The van der Waals surface area contributed by atoms with Gasteiger partial charge in [0.15, 0.2) is 4.21 Å². The van der Waals surface area contributed by atoms with Gasteiger partial charge < -0.3 is 5.73 Å². The van der Waals surface area contributed by atoms with Crippen LogP contribution in [0.2, 0.25) is 0 Å². The molecule has 3 rings (SSSR count). The second kappa shape index (κ2) is 4.21. The Morgan fingerprint density at radius 3 is 2.89 bits per heavy atom. The molecule has 0 spiro atoms. The summed E-state index contributed by atoms with van der Waals surface area (Å²) in [6, 6.07) is 5.40. The van der Waals surface area contributed by atoms with Gasteiger partial charge in [-0.25, -0.2) is 13.4 Å². The number of aryl methyl sites for hydroxylation is 1. The van der Waals surface area contributed by atoms with Crippen molar-refractivity contribution in [3.05, 3.63) is 35.0 Å². The first-order chi connectivity index (χ1) is 8.98. The number of thiazole rings is 1. The number of sulfonamides is 1. The van der Waals surface area contributed by atoms with Gasteiger partial charge in [0, 0.05) is 12.2 Å². The van der Waals surface area contributed by atoms with Crippen LogP contribution in [0.25, 0.3) is 0 Å². The van der Waals surface area contributed by atoms with E-state index in [-0.39, 0.29) is 4.21 Å². The highest BCUT2D eigenvalue weighted by Gasteiger charge is 2.32. The monoisotopic (exact) mass is 295 g/mol. The molecule has 0 fully saturated rings. The maximum absolute atomic E-state index is 12.6. The molecule has 0 atom stereocenters. The van der Waals surface area contributed by atoms with Crippen LogP contribution in [0.3, 0.4) is 0 Å². The van der Waals surface area contributed by atoms with Gasteiger partial charge in [-0.15, -0.1) is 11.3 Å². The third kappa shape index (κ3) is 1.98. The summed E-state index contributed by atoms with van der Waals surface area (Å²) in [6.07, 6.45) is 2.13. The fraction of sp³-hybridized carbons (Fsp3) is 0.250. The van der Waals surface area contributed by atoms with Gasteiger partial charge in [-0.05, 0) is 31.0 Å². The predicted molar refractivity (Wildman–Crippen MR) is 75.9 cm³/mol. The Bertz CT molecular complexity index is 737. The highest BCUT2D eigenvalue weighted by atomic mass is 32.2. The van der Waals surface area contributed by atoms with Crippen LogP contribution in [-0.4, -0.2) is 19.9 Å². The number of nitrogen functional groups attached to an aromatic ring is 1. The average molecular weight is 295 g/mol. The van der Waals surface area contributed by atoms with Crippen LogP contribution in [0.15, 0.2) is 28.6 Å². The fourth-order valence-electron chi connectivity index (χ4n) is 2.19. The zero-order valence-corrected chi connectivity index (χ0v) is 12.0. The molecule has 0 amide bonds. The van der Waals surface area contributed by atoms with E-state index in [0.29, 0.717) is 24.3 Å². The summed E-state index contributed by atoms with van der Waals surface area (Å²) in [4.78, 5) is 4.02. The summed E-state index contributed by atoms with van der Waals surface area (Å²) in [6.45, 7) is 2.25. The van der Waals surface area contributed by atoms with Gasteiger partial charge in [0.25, 0.3) is 10.0 Å². The van der Waals surface area contributed by atoms with Gasteiger partial charge in [-0.3, -0.25) is 4.31 Å². The number of anilines is 2. The van der Waals surface area contributed by atoms with E-state index in [0.717, 1.165) is 10.6 Å². The number of benzene rings is 1. The number of nitrogens with zero attached hydrogens (tertiary/aromatic N) is 2. The zero-order chi connectivity index (χ0) is 13.6. The maximum Gasteiger partial charge on any atom is 0.275 e. The molecule has 0 saturated carbocycles. The molecule has 0 saturated heterocycles. The van der Waals surface area contributed by atoms with Gasteiger partial charge in [-0.1, -0.05) is 6.07 Å². The fourth-order valence-corrected chi connectivity index (χ4v) is 4.90. The Balaban J connectivity index is 2.08. The van der Waals surface area contributed by atoms with Crippen molar-refractivity contribution in [2.45, 2.75) is 17.6 Å². The summed E-state index contributed by atoms with van der Waals surface area (Å²) in [7, 11) is -3.51. The molecule has 19 heavy (non-hydrogen) atoms. The van der Waals surface area contributed by atoms with Crippen molar-refractivity contribution < 1.29 is 8.42 Å². The van der Waals surface area contributed by atoms with Crippen LogP contribution in [0, 0.1) is 6.92 Å². The lowest BCUT2D eigenvalue weighted by atomic mass is 10.1. The van der Waals surface area contributed by atoms with E-state index in [1.165, 1.54) is 21.8 Å². The molecule has 2 aromatic rings. The van der Waals surface area contributed by atoms with E-state index in [1.807, 2.05) is 6.07 Å². The molecule has 0 bridgehead atoms. The van der Waals surface area contributed by atoms with Gasteiger partial charge >= 0.3 is 0 Å². The predicted octanol–water partition coefficient (Wildman–Crippen LogP) is 1.79. The third-order valence-corrected chi connectivity index (χ3v) is 6.27. The summed E-state index contributed by atoms with van der Waals surface area (Å²) in [5.41, 5.74) is 8.02. The number of nitrogens with two attached hydrogens (primary N) is 1. The molecule has 0 aliphatic carbocycles. The van der Waals surface area contributed by atoms with Crippen LogP contribution < -0.4 is 10.0 Å². The van der Waals surface area contributed by atoms with E-state index in [2.05, 4.69) is 4.98 Å². The van der Waals surface area contributed by atoms with Crippen molar-refractivity contribution in [1.82, 2.24) is 4.98 Å². The first-order valence-corrected chi connectivity index (χ1v) is 8.08. The van der Waals surface area contributed by atoms with Crippen molar-refractivity contribution in [1.29, 1.82) is 0 Å². The van der Waals surface area contributed by atoms with Gasteiger partial charge in [-0.2, -0.15) is 0 Å². The lowest BCUT2D eigenvalue weighted by molar-refractivity contribution is 0.594. The van der Waals surface area contributed by atoms with E-state index >= 15 is 0 Å². The van der Waals surface area contributed by atoms with Gasteiger partial charge in [0.2, 0.25) is 0 Å². The lowest BCUT2D eigenvalue weighted by Gasteiger charge is -2.18. The zero-order valence-electron chi connectivity index (χ0n) is 10.3. The molecule has 1 aliphatic rings. The molecular weight excluding hydrogens is 282 g/mol. The van der Waals surface area contributed by atoms with Crippen LogP contribution in [0.5, 0.6) is 0 Å². The molecule has 1 aromatic heterocycles. The van der Waals surface area contributed by atoms with Crippen LogP contribution in [-0.2, 0) is 16.4 Å². The van der Waals surface area contributed by atoms with Gasteiger partial charge in [0.05, 0.1) is 16.9 Å². The second-order valence-electron chi connectivity index (χ2n) is 4.41. The molecular formula is C12H13N3O2S2. The van der Waals surface area contributed by atoms with Crippen molar-refractivity contribution in [2.24, 2.45) is 0 Å². The van der Waals surface area contributed by atoms with E-state index in [1.54, 1.807) is 19.1 Å². The molecule has 1 aromatic carbocycles. The minimum Gasteiger partial charge on any atom is -0.399 e. The molecule has 5 nitrogen and oxygen atoms in total. The number of hydrogen-bond donors (Lipinski definition) is 1. The van der Waals surface area contributed by atoms with Crippen LogP contribution in [0.4, 0.5) is 11.4 Å². The summed E-state index contributed by atoms with van der Waals surface area (Å²) < 4.78 is 26.9. The minimum absolute atomic E-state index is 0.278. The number of rotatable bonds is 2. The summed E-state index contributed by atoms with van der Waals surface area (Å²) >= 11 is 1.19. The summed E-state index contributed by atoms with van der Waals surface area (Å²) in [5.74, 6) is 0. The highest BCUT2D eigenvalue weighted by molar-refractivity contribution is 7.94. The second-order valence-corrected chi connectivity index (χ2v) is 7.74.